The summed E-state index contributed by atoms with van der Waals surface area (Å²) in [6, 6.07) is 14.1. The Morgan fingerprint density at radius 3 is 2.59 bits per heavy atom. The van der Waals surface area contributed by atoms with E-state index >= 15 is 0 Å². The molecule has 3 heteroatoms. The molecule has 22 heavy (non-hydrogen) atoms. The highest BCUT2D eigenvalue weighted by atomic mass is 16.3. The maximum Gasteiger partial charge on any atom is 0.244 e. The third kappa shape index (κ3) is 3.88. The molecule has 114 valence electrons. The molecule has 1 aliphatic carbocycles. The fourth-order valence-electron chi connectivity index (χ4n) is 2.85. The standard InChI is InChI=1S/C19H21NO2/c21-19(20-16-9-5-2-6-10-16)14-12-17-11-13-18(22-17)15-7-3-1-4-8-15/h1,3-4,7-8,11-14,16H,2,5-6,9-10H2,(H,20,21). The van der Waals surface area contributed by atoms with Crippen molar-refractivity contribution >= 4 is 12.0 Å². The third-order valence-corrected chi connectivity index (χ3v) is 4.04. The Hall–Kier alpha value is -2.29. The molecule has 0 spiro atoms. The van der Waals surface area contributed by atoms with Gasteiger partial charge in [0.1, 0.15) is 11.5 Å². The minimum atomic E-state index is -0.0374. The summed E-state index contributed by atoms with van der Waals surface area (Å²) in [4.78, 5) is 11.9. The van der Waals surface area contributed by atoms with Crippen molar-refractivity contribution in [3.8, 4) is 11.3 Å². The number of amides is 1. The van der Waals surface area contributed by atoms with E-state index < -0.39 is 0 Å². The first-order valence-corrected chi connectivity index (χ1v) is 7.95. The van der Waals surface area contributed by atoms with Crippen LogP contribution in [0.2, 0.25) is 0 Å². The van der Waals surface area contributed by atoms with Gasteiger partial charge < -0.3 is 9.73 Å². The van der Waals surface area contributed by atoms with E-state index in [2.05, 4.69) is 5.32 Å². The summed E-state index contributed by atoms with van der Waals surface area (Å²) in [6.45, 7) is 0. The predicted octanol–water partition coefficient (Wildman–Crippen LogP) is 4.41. The SMILES string of the molecule is O=C(C=Cc1ccc(-c2ccccc2)o1)NC1CCCCC1. The summed E-state index contributed by atoms with van der Waals surface area (Å²) in [5.41, 5.74) is 1.04. The second-order valence-corrected chi connectivity index (χ2v) is 5.74. The van der Waals surface area contributed by atoms with Gasteiger partial charge in [0.15, 0.2) is 0 Å². The molecule has 0 aliphatic heterocycles. The molecule has 0 bridgehead atoms. The molecule has 1 aromatic carbocycles. The van der Waals surface area contributed by atoms with Crippen LogP contribution in [0.15, 0.2) is 53.0 Å². The van der Waals surface area contributed by atoms with Crippen LogP contribution in [0.4, 0.5) is 0 Å². The predicted molar refractivity (Wildman–Crippen MR) is 88.2 cm³/mol. The highest BCUT2D eigenvalue weighted by Crippen LogP contribution is 2.22. The van der Waals surface area contributed by atoms with Gasteiger partial charge in [-0.1, -0.05) is 49.6 Å². The highest BCUT2D eigenvalue weighted by Gasteiger charge is 2.14. The lowest BCUT2D eigenvalue weighted by molar-refractivity contribution is -0.117. The van der Waals surface area contributed by atoms with Crippen LogP contribution in [0.3, 0.4) is 0 Å². The number of nitrogens with one attached hydrogen (secondary N) is 1. The van der Waals surface area contributed by atoms with Crippen molar-refractivity contribution in [3.05, 3.63) is 54.3 Å². The zero-order valence-corrected chi connectivity index (χ0v) is 12.6. The number of carbonyl (C=O) groups is 1. The van der Waals surface area contributed by atoms with E-state index in [1.54, 1.807) is 12.2 Å². The lowest BCUT2D eigenvalue weighted by atomic mass is 9.95. The first kappa shape index (κ1) is 14.6. The van der Waals surface area contributed by atoms with Crippen LogP contribution < -0.4 is 5.32 Å². The van der Waals surface area contributed by atoms with Gasteiger partial charge in [-0.15, -0.1) is 0 Å². The molecule has 1 heterocycles. The summed E-state index contributed by atoms with van der Waals surface area (Å²) in [7, 11) is 0. The van der Waals surface area contributed by atoms with Crippen LogP contribution in [0.1, 0.15) is 37.9 Å². The number of carbonyl (C=O) groups excluding carboxylic acids is 1. The maximum atomic E-state index is 11.9. The molecule has 1 fully saturated rings. The summed E-state index contributed by atoms with van der Waals surface area (Å²) < 4.78 is 5.74. The molecular weight excluding hydrogens is 274 g/mol. The van der Waals surface area contributed by atoms with Crippen LogP contribution in [0.25, 0.3) is 17.4 Å². The molecule has 1 saturated carbocycles. The zero-order chi connectivity index (χ0) is 15.2. The van der Waals surface area contributed by atoms with Crippen molar-refractivity contribution in [2.24, 2.45) is 0 Å². The Kier molecular flexibility index (Phi) is 4.74. The minimum Gasteiger partial charge on any atom is -0.457 e. The van der Waals surface area contributed by atoms with Gasteiger partial charge in [-0.05, 0) is 31.1 Å². The monoisotopic (exact) mass is 295 g/mol. The largest absolute Gasteiger partial charge is 0.457 e. The van der Waals surface area contributed by atoms with Crippen molar-refractivity contribution in [2.75, 3.05) is 0 Å². The first-order chi connectivity index (χ1) is 10.8. The lowest BCUT2D eigenvalue weighted by Gasteiger charge is -2.21. The molecule has 3 rings (SSSR count). The van der Waals surface area contributed by atoms with Crippen molar-refractivity contribution in [1.29, 1.82) is 0 Å². The van der Waals surface area contributed by atoms with Crippen LogP contribution in [0, 0.1) is 0 Å². The summed E-state index contributed by atoms with van der Waals surface area (Å²) in [5.74, 6) is 1.47. The highest BCUT2D eigenvalue weighted by molar-refractivity contribution is 5.91. The molecule has 2 aromatic rings. The second-order valence-electron chi connectivity index (χ2n) is 5.74. The molecule has 1 amide bonds. The maximum absolute atomic E-state index is 11.9. The number of furan rings is 1. The number of hydrogen-bond acceptors (Lipinski definition) is 2. The van der Waals surface area contributed by atoms with Crippen molar-refractivity contribution in [3.63, 3.8) is 0 Å². The normalized spacial score (nSPS) is 16.0. The fraction of sp³-hybridized carbons (Fsp3) is 0.316. The van der Waals surface area contributed by atoms with Gasteiger partial charge in [0.2, 0.25) is 5.91 Å². The molecule has 1 aromatic heterocycles. The van der Waals surface area contributed by atoms with E-state index in [1.165, 1.54) is 19.3 Å². The molecule has 0 radical (unpaired) electrons. The topological polar surface area (TPSA) is 42.2 Å². The van der Waals surface area contributed by atoms with E-state index in [4.69, 9.17) is 4.42 Å². The van der Waals surface area contributed by atoms with E-state index in [0.29, 0.717) is 11.8 Å². The Labute approximate surface area is 131 Å². The average molecular weight is 295 g/mol. The fourth-order valence-corrected chi connectivity index (χ4v) is 2.85. The summed E-state index contributed by atoms with van der Waals surface area (Å²) in [5, 5.41) is 3.06. The van der Waals surface area contributed by atoms with E-state index in [1.807, 2.05) is 42.5 Å². The third-order valence-electron chi connectivity index (χ3n) is 4.04. The molecule has 1 N–H and O–H groups in total. The van der Waals surface area contributed by atoms with E-state index in [0.717, 1.165) is 24.2 Å². The van der Waals surface area contributed by atoms with Gasteiger partial charge in [-0.2, -0.15) is 0 Å². The number of benzene rings is 1. The molecule has 0 unspecified atom stereocenters. The Balaban J connectivity index is 1.58. The van der Waals surface area contributed by atoms with Crippen LogP contribution in [-0.2, 0) is 4.79 Å². The molecule has 0 atom stereocenters. The molecule has 3 nitrogen and oxygen atoms in total. The first-order valence-electron chi connectivity index (χ1n) is 7.95. The second kappa shape index (κ2) is 7.12. The van der Waals surface area contributed by atoms with Crippen molar-refractivity contribution in [2.45, 2.75) is 38.1 Å². The van der Waals surface area contributed by atoms with E-state index in [9.17, 15) is 4.79 Å². The number of hydrogen-bond donors (Lipinski definition) is 1. The van der Waals surface area contributed by atoms with Crippen LogP contribution in [-0.4, -0.2) is 11.9 Å². The quantitative estimate of drug-likeness (QED) is 0.849. The van der Waals surface area contributed by atoms with Gasteiger partial charge >= 0.3 is 0 Å². The Morgan fingerprint density at radius 1 is 1.05 bits per heavy atom. The van der Waals surface area contributed by atoms with Crippen molar-refractivity contribution in [1.82, 2.24) is 5.32 Å². The van der Waals surface area contributed by atoms with Gasteiger partial charge in [-0.25, -0.2) is 0 Å². The summed E-state index contributed by atoms with van der Waals surface area (Å²) in [6.07, 6.45) is 9.20. The van der Waals surface area contributed by atoms with E-state index in [-0.39, 0.29) is 5.91 Å². The van der Waals surface area contributed by atoms with Gasteiger partial charge in [0.25, 0.3) is 0 Å². The molecule has 1 aliphatic rings. The van der Waals surface area contributed by atoms with Gasteiger partial charge in [0, 0.05) is 17.7 Å². The molecule has 0 saturated heterocycles. The smallest absolute Gasteiger partial charge is 0.244 e. The van der Waals surface area contributed by atoms with Gasteiger partial charge in [0.05, 0.1) is 0 Å². The Bertz CT molecular complexity index is 636. The lowest BCUT2D eigenvalue weighted by Crippen LogP contribution is -2.34. The average Bonchev–Trinajstić information content (AvgIpc) is 3.04. The number of rotatable bonds is 4. The zero-order valence-electron chi connectivity index (χ0n) is 12.6. The Morgan fingerprint density at radius 2 is 1.82 bits per heavy atom. The molecular formula is C19H21NO2. The summed E-state index contributed by atoms with van der Waals surface area (Å²) >= 11 is 0. The van der Waals surface area contributed by atoms with Crippen molar-refractivity contribution < 1.29 is 9.21 Å². The van der Waals surface area contributed by atoms with Gasteiger partial charge in [-0.3, -0.25) is 4.79 Å². The van der Waals surface area contributed by atoms with Crippen LogP contribution in [0.5, 0.6) is 0 Å². The van der Waals surface area contributed by atoms with Crippen LogP contribution >= 0.6 is 0 Å². The minimum absolute atomic E-state index is 0.0374.